The van der Waals surface area contributed by atoms with Gasteiger partial charge in [0.05, 0.1) is 6.10 Å². The van der Waals surface area contributed by atoms with Gasteiger partial charge in [0.15, 0.2) is 0 Å². The number of fused-ring (bicyclic) bond motifs is 5. The first-order chi connectivity index (χ1) is 10.9. The van der Waals surface area contributed by atoms with Gasteiger partial charge < -0.3 is 5.11 Å². The van der Waals surface area contributed by atoms with E-state index in [1.165, 1.54) is 24.8 Å². The molecule has 4 rings (SSSR count). The summed E-state index contributed by atoms with van der Waals surface area (Å²) in [7, 11) is 0. The summed E-state index contributed by atoms with van der Waals surface area (Å²) in [5, 5.41) is 9.98. The lowest BCUT2D eigenvalue weighted by Gasteiger charge is -2.56. The van der Waals surface area contributed by atoms with Crippen LogP contribution in [-0.2, 0) is 4.79 Å². The van der Waals surface area contributed by atoms with Crippen LogP contribution in [0.25, 0.3) is 0 Å². The Balaban J connectivity index is 1.69. The highest BCUT2D eigenvalue weighted by Crippen LogP contribution is 2.65. The van der Waals surface area contributed by atoms with Crippen molar-refractivity contribution >= 4 is 5.78 Å². The molecule has 0 aromatic rings. The summed E-state index contributed by atoms with van der Waals surface area (Å²) < 4.78 is 0. The predicted octanol–water partition coefficient (Wildman–Crippen LogP) is 4.29. The SMILES string of the molecule is CC(=O)[C@H]1CC[C@H]2[C@@H]3CC=C4C[C@H](O)C=C[C@]4(C)[C@H]3CC[C@]12C. The summed E-state index contributed by atoms with van der Waals surface area (Å²) in [6.45, 7) is 6.59. The second kappa shape index (κ2) is 5.05. The molecule has 7 atom stereocenters. The largest absolute Gasteiger partial charge is 0.389 e. The van der Waals surface area contributed by atoms with Crippen molar-refractivity contribution in [2.75, 3.05) is 0 Å². The van der Waals surface area contributed by atoms with Crippen LogP contribution in [0.5, 0.6) is 0 Å². The summed E-state index contributed by atoms with van der Waals surface area (Å²) in [5.41, 5.74) is 1.82. The van der Waals surface area contributed by atoms with E-state index in [0.29, 0.717) is 23.5 Å². The Morgan fingerprint density at radius 2 is 2.00 bits per heavy atom. The molecule has 2 nitrogen and oxygen atoms in total. The molecule has 0 aromatic heterocycles. The smallest absolute Gasteiger partial charge is 0.133 e. The normalized spacial score (nSPS) is 51.5. The van der Waals surface area contributed by atoms with E-state index in [-0.39, 0.29) is 22.9 Å². The molecule has 0 unspecified atom stereocenters. The molecule has 4 aliphatic rings. The summed E-state index contributed by atoms with van der Waals surface area (Å²) in [6.07, 6.45) is 13.2. The number of allylic oxidation sites excluding steroid dienone is 2. The van der Waals surface area contributed by atoms with Crippen LogP contribution in [0.3, 0.4) is 0 Å². The van der Waals surface area contributed by atoms with E-state index < -0.39 is 0 Å². The lowest BCUT2D eigenvalue weighted by molar-refractivity contribution is -0.126. The van der Waals surface area contributed by atoms with Crippen molar-refractivity contribution in [3.8, 4) is 0 Å². The quantitative estimate of drug-likeness (QED) is 0.733. The van der Waals surface area contributed by atoms with Gasteiger partial charge in [-0.3, -0.25) is 4.79 Å². The zero-order valence-corrected chi connectivity index (χ0v) is 14.7. The maximum Gasteiger partial charge on any atom is 0.133 e. The molecule has 2 saturated carbocycles. The van der Waals surface area contributed by atoms with E-state index in [4.69, 9.17) is 0 Å². The van der Waals surface area contributed by atoms with Gasteiger partial charge in [-0.2, -0.15) is 0 Å². The Morgan fingerprint density at radius 1 is 1.22 bits per heavy atom. The van der Waals surface area contributed by atoms with Crippen LogP contribution in [0.1, 0.15) is 59.3 Å². The first-order valence-corrected chi connectivity index (χ1v) is 9.43. The van der Waals surface area contributed by atoms with Crippen LogP contribution in [-0.4, -0.2) is 17.0 Å². The van der Waals surface area contributed by atoms with E-state index in [1.54, 1.807) is 6.92 Å². The fourth-order valence-electron chi connectivity index (χ4n) is 6.90. The molecule has 0 aliphatic heterocycles. The maximum atomic E-state index is 12.1. The monoisotopic (exact) mass is 314 g/mol. The van der Waals surface area contributed by atoms with E-state index >= 15 is 0 Å². The van der Waals surface area contributed by atoms with Gasteiger partial charge in [0, 0.05) is 11.3 Å². The predicted molar refractivity (Wildman–Crippen MR) is 91.8 cm³/mol. The lowest BCUT2D eigenvalue weighted by atomic mass is 9.48. The molecular weight excluding hydrogens is 284 g/mol. The average Bonchev–Trinajstić information content (AvgIpc) is 2.85. The second-order valence-corrected chi connectivity index (χ2v) is 9.04. The molecule has 1 N–H and O–H groups in total. The Bertz CT molecular complexity index is 589. The van der Waals surface area contributed by atoms with Crippen LogP contribution < -0.4 is 0 Å². The maximum absolute atomic E-state index is 12.1. The van der Waals surface area contributed by atoms with Gasteiger partial charge in [-0.15, -0.1) is 0 Å². The van der Waals surface area contributed by atoms with Crippen molar-refractivity contribution in [1.29, 1.82) is 0 Å². The minimum absolute atomic E-state index is 0.137. The molecule has 0 bridgehead atoms. The average molecular weight is 314 g/mol. The summed E-state index contributed by atoms with van der Waals surface area (Å²) in [6, 6.07) is 0. The minimum Gasteiger partial charge on any atom is -0.389 e. The number of carbonyl (C=O) groups is 1. The number of Topliss-reactive ketones (excluding diaryl/α,β-unsaturated/α-hetero) is 1. The number of aliphatic hydroxyl groups excluding tert-OH is 1. The molecular formula is C21H30O2. The number of hydrogen-bond acceptors (Lipinski definition) is 2. The van der Waals surface area contributed by atoms with Gasteiger partial charge in [0.25, 0.3) is 0 Å². The highest BCUT2D eigenvalue weighted by Gasteiger charge is 2.58. The van der Waals surface area contributed by atoms with E-state index in [0.717, 1.165) is 19.3 Å². The third kappa shape index (κ3) is 2.06. The van der Waals surface area contributed by atoms with Crippen LogP contribution in [0.15, 0.2) is 23.8 Å². The molecule has 2 fully saturated rings. The minimum atomic E-state index is -0.298. The number of aliphatic hydroxyl groups is 1. The highest BCUT2D eigenvalue weighted by molar-refractivity contribution is 5.79. The Kier molecular flexibility index (Phi) is 3.43. The van der Waals surface area contributed by atoms with Crippen molar-refractivity contribution in [3.05, 3.63) is 23.8 Å². The number of rotatable bonds is 1. The molecule has 2 heteroatoms. The van der Waals surface area contributed by atoms with Crippen LogP contribution in [0, 0.1) is 34.5 Å². The Morgan fingerprint density at radius 3 is 2.74 bits per heavy atom. The van der Waals surface area contributed by atoms with Crippen molar-refractivity contribution in [1.82, 2.24) is 0 Å². The van der Waals surface area contributed by atoms with Gasteiger partial charge >= 0.3 is 0 Å². The topological polar surface area (TPSA) is 37.3 Å². The van der Waals surface area contributed by atoms with Crippen molar-refractivity contribution < 1.29 is 9.90 Å². The first-order valence-electron chi connectivity index (χ1n) is 9.43. The lowest BCUT2D eigenvalue weighted by Crippen LogP contribution is -2.49. The van der Waals surface area contributed by atoms with Crippen LogP contribution in [0.4, 0.5) is 0 Å². The Labute approximate surface area is 140 Å². The van der Waals surface area contributed by atoms with E-state index in [2.05, 4.69) is 26.0 Å². The van der Waals surface area contributed by atoms with Crippen LogP contribution >= 0.6 is 0 Å². The molecule has 0 amide bonds. The summed E-state index contributed by atoms with van der Waals surface area (Å²) in [4.78, 5) is 12.1. The second-order valence-electron chi connectivity index (χ2n) is 9.04. The number of carbonyl (C=O) groups excluding carboxylic acids is 1. The van der Waals surface area contributed by atoms with Gasteiger partial charge in [0.1, 0.15) is 5.78 Å². The fraction of sp³-hybridized carbons (Fsp3) is 0.762. The molecule has 0 saturated heterocycles. The molecule has 23 heavy (non-hydrogen) atoms. The van der Waals surface area contributed by atoms with Gasteiger partial charge in [-0.1, -0.05) is 37.6 Å². The first kappa shape index (κ1) is 15.6. The summed E-state index contributed by atoms with van der Waals surface area (Å²) in [5.74, 6) is 2.80. The molecule has 0 radical (unpaired) electrons. The highest BCUT2D eigenvalue weighted by atomic mass is 16.3. The number of ketones is 1. The third-order valence-corrected chi connectivity index (χ3v) is 8.12. The van der Waals surface area contributed by atoms with Crippen LogP contribution in [0.2, 0.25) is 0 Å². The van der Waals surface area contributed by atoms with E-state index in [9.17, 15) is 9.90 Å². The van der Waals surface area contributed by atoms with Gasteiger partial charge in [0.2, 0.25) is 0 Å². The van der Waals surface area contributed by atoms with Gasteiger partial charge in [-0.25, -0.2) is 0 Å². The Hall–Kier alpha value is -0.890. The summed E-state index contributed by atoms with van der Waals surface area (Å²) >= 11 is 0. The molecule has 0 spiro atoms. The van der Waals surface area contributed by atoms with Crippen molar-refractivity contribution in [2.45, 2.75) is 65.4 Å². The number of hydrogen-bond donors (Lipinski definition) is 1. The zero-order chi connectivity index (χ0) is 16.4. The molecule has 0 heterocycles. The zero-order valence-electron chi connectivity index (χ0n) is 14.7. The van der Waals surface area contributed by atoms with Crippen molar-refractivity contribution in [3.63, 3.8) is 0 Å². The molecule has 4 aliphatic carbocycles. The third-order valence-electron chi connectivity index (χ3n) is 8.12. The van der Waals surface area contributed by atoms with Crippen molar-refractivity contribution in [2.24, 2.45) is 34.5 Å². The fourth-order valence-corrected chi connectivity index (χ4v) is 6.90. The van der Waals surface area contributed by atoms with Gasteiger partial charge in [-0.05, 0) is 68.6 Å². The standard InChI is InChI=1S/C21H30O2/c1-13(22)17-6-7-18-16-5-4-14-12-15(23)8-10-20(14,2)19(16)9-11-21(17,18)3/h4,8,10,15-19,23H,5-7,9,11-12H2,1-3H3/t15-,16+,17-,18+,19+,20+,21-/m1/s1. The van der Waals surface area contributed by atoms with E-state index in [1.807, 2.05) is 6.08 Å². The molecule has 126 valence electrons. The molecule has 0 aromatic carbocycles.